The highest BCUT2D eigenvalue weighted by Crippen LogP contribution is 2.11. The van der Waals surface area contributed by atoms with Gasteiger partial charge in [0.15, 0.2) is 0 Å². The molecule has 18 heavy (non-hydrogen) atoms. The molecule has 98 valence electrons. The van der Waals surface area contributed by atoms with E-state index in [4.69, 9.17) is 0 Å². The molecule has 0 spiro atoms. The van der Waals surface area contributed by atoms with Gasteiger partial charge in [0.05, 0.1) is 0 Å². The second kappa shape index (κ2) is 5.82. The Labute approximate surface area is 108 Å². The number of carbonyl (C=O) groups excluding carboxylic acids is 1. The predicted octanol–water partition coefficient (Wildman–Crippen LogP) is 0.901. The van der Waals surface area contributed by atoms with E-state index in [1.54, 1.807) is 6.20 Å². The minimum Gasteiger partial charge on any atom is -0.385 e. The summed E-state index contributed by atoms with van der Waals surface area (Å²) >= 11 is 0. The SMILES string of the molecule is CCNc1ccnc(C(=O)N2CCN(C)CC2)c1. The smallest absolute Gasteiger partial charge is 0.272 e. The third-order valence-electron chi connectivity index (χ3n) is 3.15. The number of pyridine rings is 1. The lowest BCUT2D eigenvalue weighted by molar-refractivity contribution is 0.0658. The maximum atomic E-state index is 12.3. The van der Waals surface area contributed by atoms with Gasteiger partial charge >= 0.3 is 0 Å². The second-order valence-corrected chi connectivity index (χ2v) is 4.56. The topological polar surface area (TPSA) is 48.5 Å². The highest BCUT2D eigenvalue weighted by atomic mass is 16.2. The van der Waals surface area contributed by atoms with Crippen molar-refractivity contribution < 1.29 is 4.79 Å². The number of hydrogen-bond acceptors (Lipinski definition) is 4. The van der Waals surface area contributed by atoms with Crippen LogP contribution in [0.1, 0.15) is 17.4 Å². The highest BCUT2D eigenvalue weighted by Gasteiger charge is 2.21. The minimum atomic E-state index is 0.0304. The molecule has 0 bridgehead atoms. The number of aromatic nitrogens is 1. The van der Waals surface area contributed by atoms with Crippen LogP contribution in [0.25, 0.3) is 0 Å². The van der Waals surface area contributed by atoms with Crippen LogP contribution >= 0.6 is 0 Å². The van der Waals surface area contributed by atoms with Crippen molar-refractivity contribution in [3.8, 4) is 0 Å². The molecule has 1 saturated heterocycles. The first-order chi connectivity index (χ1) is 8.70. The van der Waals surface area contributed by atoms with Crippen molar-refractivity contribution in [3.63, 3.8) is 0 Å². The van der Waals surface area contributed by atoms with Gasteiger partial charge in [-0.3, -0.25) is 9.78 Å². The number of nitrogens with one attached hydrogen (secondary N) is 1. The number of hydrogen-bond donors (Lipinski definition) is 1. The van der Waals surface area contributed by atoms with Crippen LogP contribution in [0.15, 0.2) is 18.3 Å². The van der Waals surface area contributed by atoms with E-state index in [1.165, 1.54) is 0 Å². The molecule has 0 unspecified atom stereocenters. The zero-order chi connectivity index (χ0) is 13.0. The number of amides is 1. The van der Waals surface area contributed by atoms with Gasteiger partial charge in [-0.25, -0.2) is 0 Å². The van der Waals surface area contributed by atoms with Crippen molar-refractivity contribution in [1.82, 2.24) is 14.8 Å². The maximum absolute atomic E-state index is 12.3. The van der Waals surface area contributed by atoms with Gasteiger partial charge in [0, 0.05) is 44.6 Å². The van der Waals surface area contributed by atoms with E-state index in [1.807, 2.05) is 24.0 Å². The zero-order valence-corrected chi connectivity index (χ0v) is 11.0. The fourth-order valence-electron chi connectivity index (χ4n) is 2.03. The largest absolute Gasteiger partial charge is 0.385 e. The number of likely N-dealkylation sites (N-methyl/N-ethyl adjacent to an activating group) is 1. The Bertz CT molecular complexity index is 413. The van der Waals surface area contributed by atoms with E-state index in [0.29, 0.717) is 5.69 Å². The molecule has 1 amide bonds. The molecule has 1 aliphatic heterocycles. The standard InChI is InChI=1S/C13H20N4O/c1-3-14-11-4-5-15-12(10-11)13(18)17-8-6-16(2)7-9-17/h4-5,10H,3,6-9H2,1-2H3,(H,14,15). The lowest BCUT2D eigenvalue weighted by atomic mass is 10.2. The van der Waals surface area contributed by atoms with Crippen molar-refractivity contribution in [2.75, 3.05) is 45.1 Å². The number of nitrogens with zero attached hydrogens (tertiary/aromatic N) is 3. The summed E-state index contributed by atoms with van der Waals surface area (Å²) in [5.74, 6) is 0.0304. The van der Waals surface area contributed by atoms with Gasteiger partial charge in [0.2, 0.25) is 0 Å². The summed E-state index contributed by atoms with van der Waals surface area (Å²) < 4.78 is 0. The lowest BCUT2D eigenvalue weighted by Crippen LogP contribution is -2.47. The quantitative estimate of drug-likeness (QED) is 0.863. The first-order valence-corrected chi connectivity index (χ1v) is 6.38. The average molecular weight is 248 g/mol. The van der Waals surface area contributed by atoms with Crippen molar-refractivity contribution >= 4 is 11.6 Å². The Kier molecular flexibility index (Phi) is 4.15. The minimum absolute atomic E-state index is 0.0304. The van der Waals surface area contributed by atoms with Gasteiger partial charge < -0.3 is 15.1 Å². The Morgan fingerprint density at radius 3 is 2.78 bits per heavy atom. The summed E-state index contributed by atoms with van der Waals surface area (Å²) in [6.07, 6.45) is 1.68. The van der Waals surface area contributed by atoms with Gasteiger partial charge in [-0.1, -0.05) is 0 Å². The third kappa shape index (κ3) is 2.98. The molecule has 1 aliphatic rings. The van der Waals surface area contributed by atoms with Gasteiger partial charge in [-0.15, -0.1) is 0 Å². The molecule has 1 fully saturated rings. The van der Waals surface area contributed by atoms with E-state index in [9.17, 15) is 4.79 Å². The molecule has 1 N–H and O–H groups in total. The maximum Gasteiger partial charge on any atom is 0.272 e. The molecule has 0 aromatic carbocycles. The van der Waals surface area contributed by atoms with Crippen molar-refractivity contribution in [2.45, 2.75) is 6.92 Å². The molecule has 0 aliphatic carbocycles. The van der Waals surface area contributed by atoms with Crippen LogP contribution in [-0.4, -0.2) is 60.5 Å². The van der Waals surface area contributed by atoms with E-state index < -0.39 is 0 Å². The van der Waals surface area contributed by atoms with E-state index in [0.717, 1.165) is 38.4 Å². The molecule has 5 heteroatoms. The molecule has 2 heterocycles. The molecular formula is C13H20N4O. The Morgan fingerprint density at radius 2 is 2.11 bits per heavy atom. The van der Waals surface area contributed by atoms with Crippen LogP contribution in [-0.2, 0) is 0 Å². The summed E-state index contributed by atoms with van der Waals surface area (Å²) in [7, 11) is 2.08. The molecule has 2 rings (SSSR count). The molecular weight excluding hydrogens is 228 g/mol. The Balaban J connectivity index is 2.06. The molecule has 1 aromatic rings. The van der Waals surface area contributed by atoms with Gasteiger partial charge in [-0.2, -0.15) is 0 Å². The van der Waals surface area contributed by atoms with Crippen molar-refractivity contribution in [2.24, 2.45) is 0 Å². The first-order valence-electron chi connectivity index (χ1n) is 6.38. The molecule has 1 aromatic heterocycles. The normalized spacial score (nSPS) is 16.7. The van der Waals surface area contributed by atoms with Gasteiger partial charge in [0.25, 0.3) is 5.91 Å². The molecule has 0 atom stereocenters. The average Bonchev–Trinajstić information content (AvgIpc) is 2.39. The van der Waals surface area contributed by atoms with Crippen LogP contribution in [0, 0.1) is 0 Å². The number of carbonyl (C=O) groups is 1. The number of rotatable bonds is 3. The Hall–Kier alpha value is -1.62. The third-order valence-corrected chi connectivity index (χ3v) is 3.15. The van der Waals surface area contributed by atoms with E-state index in [-0.39, 0.29) is 5.91 Å². The summed E-state index contributed by atoms with van der Waals surface area (Å²) in [5.41, 5.74) is 1.47. The summed E-state index contributed by atoms with van der Waals surface area (Å²) in [6, 6.07) is 3.70. The van der Waals surface area contributed by atoms with Crippen LogP contribution in [0.4, 0.5) is 5.69 Å². The van der Waals surface area contributed by atoms with E-state index >= 15 is 0 Å². The van der Waals surface area contributed by atoms with Crippen LogP contribution in [0.5, 0.6) is 0 Å². The fourth-order valence-corrected chi connectivity index (χ4v) is 2.03. The molecule has 0 radical (unpaired) electrons. The van der Waals surface area contributed by atoms with Crippen LogP contribution < -0.4 is 5.32 Å². The van der Waals surface area contributed by atoms with Crippen molar-refractivity contribution in [1.29, 1.82) is 0 Å². The van der Waals surface area contributed by atoms with Crippen LogP contribution in [0.2, 0.25) is 0 Å². The van der Waals surface area contributed by atoms with E-state index in [2.05, 4.69) is 22.2 Å². The van der Waals surface area contributed by atoms with Gasteiger partial charge in [-0.05, 0) is 26.1 Å². The first kappa shape index (κ1) is 12.8. The Morgan fingerprint density at radius 1 is 1.39 bits per heavy atom. The second-order valence-electron chi connectivity index (χ2n) is 4.56. The summed E-state index contributed by atoms with van der Waals surface area (Å²) in [5, 5.41) is 3.19. The predicted molar refractivity (Wildman–Crippen MR) is 71.8 cm³/mol. The fraction of sp³-hybridized carbons (Fsp3) is 0.538. The number of anilines is 1. The molecule has 5 nitrogen and oxygen atoms in total. The summed E-state index contributed by atoms with van der Waals surface area (Å²) in [4.78, 5) is 20.6. The molecule has 0 saturated carbocycles. The zero-order valence-electron chi connectivity index (χ0n) is 11.0. The number of piperazine rings is 1. The highest BCUT2D eigenvalue weighted by molar-refractivity contribution is 5.93. The lowest BCUT2D eigenvalue weighted by Gasteiger charge is -2.32. The van der Waals surface area contributed by atoms with Gasteiger partial charge in [0.1, 0.15) is 5.69 Å². The van der Waals surface area contributed by atoms with Crippen molar-refractivity contribution in [3.05, 3.63) is 24.0 Å². The monoisotopic (exact) mass is 248 g/mol. The summed E-state index contributed by atoms with van der Waals surface area (Å²) in [6.45, 7) is 6.29. The van der Waals surface area contributed by atoms with Crippen LogP contribution in [0.3, 0.4) is 0 Å².